The summed E-state index contributed by atoms with van der Waals surface area (Å²) in [4.78, 5) is 10.5. The molecule has 0 atom stereocenters. The lowest BCUT2D eigenvalue weighted by molar-refractivity contribution is 0.249. The van der Waals surface area contributed by atoms with E-state index >= 15 is 0 Å². The average molecular weight is 293 g/mol. The first-order valence-electron chi connectivity index (χ1n) is 6.09. The normalized spacial score (nSPS) is 11.3. The van der Waals surface area contributed by atoms with Gasteiger partial charge in [0.25, 0.3) is 0 Å². The smallest absolute Gasteiger partial charge is 0.332 e. The molecule has 0 bridgehead atoms. The van der Waals surface area contributed by atoms with Gasteiger partial charge >= 0.3 is 6.03 Å². The van der Waals surface area contributed by atoms with E-state index in [1.165, 1.54) is 0 Å². The van der Waals surface area contributed by atoms with E-state index in [1.54, 1.807) is 52.5 Å². The highest BCUT2D eigenvalue weighted by atomic mass is 16.5. The standard InChI is InChI=1S/C14H19N3O4/c1-9(16-17-14(15)18)5-6-10-7-11(19-2)13(21-4)12(8-10)20-3/h5-8H,1-4H3,(H3,15,17,18)/b6-5-,16-9-. The SMILES string of the molecule is COc1cc(/C=C\C(C)=N/NC(N)=O)cc(OC)c1OC. The van der Waals surface area contributed by atoms with Crippen LogP contribution in [-0.4, -0.2) is 33.1 Å². The van der Waals surface area contributed by atoms with Crippen LogP contribution in [0.1, 0.15) is 12.5 Å². The lowest BCUT2D eigenvalue weighted by Crippen LogP contribution is -2.25. The zero-order valence-corrected chi connectivity index (χ0v) is 12.5. The Morgan fingerprint density at radius 2 is 1.76 bits per heavy atom. The summed E-state index contributed by atoms with van der Waals surface area (Å²) in [5.74, 6) is 1.64. The molecule has 0 saturated carbocycles. The topological polar surface area (TPSA) is 95.2 Å². The number of carbonyl (C=O) groups excluding carboxylic acids is 1. The molecule has 0 radical (unpaired) electrons. The maximum atomic E-state index is 10.5. The van der Waals surface area contributed by atoms with Crippen molar-refractivity contribution in [3.8, 4) is 17.2 Å². The third-order valence-electron chi connectivity index (χ3n) is 2.55. The number of hydrogen-bond acceptors (Lipinski definition) is 5. The van der Waals surface area contributed by atoms with E-state index in [1.807, 2.05) is 0 Å². The van der Waals surface area contributed by atoms with Crippen LogP contribution in [0.5, 0.6) is 17.2 Å². The molecular weight excluding hydrogens is 274 g/mol. The van der Waals surface area contributed by atoms with E-state index in [4.69, 9.17) is 19.9 Å². The average Bonchev–Trinajstić information content (AvgIpc) is 2.49. The first-order chi connectivity index (χ1) is 10.0. The number of hydrogen-bond donors (Lipinski definition) is 2. The maximum absolute atomic E-state index is 10.5. The van der Waals surface area contributed by atoms with Gasteiger partial charge in [0.05, 0.1) is 27.0 Å². The van der Waals surface area contributed by atoms with E-state index in [-0.39, 0.29) is 0 Å². The molecule has 7 nitrogen and oxygen atoms in total. The summed E-state index contributed by atoms with van der Waals surface area (Å²) in [5.41, 5.74) is 8.50. The number of urea groups is 1. The number of nitrogens with zero attached hydrogens (tertiary/aromatic N) is 1. The van der Waals surface area contributed by atoms with Crippen molar-refractivity contribution in [1.82, 2.24) is 5.43 Å². The molecule has 1 rings (SSSR count). The monoisotopic (exact) mass is 293 g/mol. The first-order valence-corrected chi connectivity index (χ1v) is 6.09. The summed E-state index contributed by atoms with van der Waals surface area (Å²) in [6.45, 7) is 1.73. The Hall–Kier alpha value is -2.70. The summed E-state index contributed by atoms with van der Waals surface area (Å²) in [7, 11) is 4.64. The molecule has 0 saturated heterocycles. The number of nitrogens with two attached hydrogens (primary N) is 1. The number of ether oxygens (including phenoxy) is 3. The van der Waals surface area contributed by atoms with Crippen molar-refractivity contribution in [3.05, 3.63) is 23.8 Å². The molecule has 0 aliphatic heterocycles. The third-order valence-corrected chi connectivity index (χ3v) is 2.55. The zero-order chi connectivity index (χ0) is 15.8. The van der Waals surface area contributed by atoms with Crippen LogP contribution < -0.4 is 25.4 Å². The van der Waals surface area contributed by atoms with Crippen molar-refractivity contribution in [2.75, 3.05) is 21.3 Å². The second-order valence-corrected chi connectivity index (χ2v) is 4.02. The second kappa shape index (κ2) is 7.78. The molecule has 0 unspecified atom stereocenters. The van der Waals surface area contributed by atoms with Crippen LogP contribution in [0.4, 0.5) is 4.79 Å². The first kappa shape index (κ1) is 16.4. The van der Waals surface area contributed by atoms with E-state index in [9.17, 15) is 4.79 Å². The minimum Gasteiger partial charge on any atom is -0.493 e. The van der Waals surface area contributed by atoms with Crippen molar-refractivity contribution in [1.29, 1.82) is 0 Å². The molecule has 0 aliphatic carbocycles. The minimum atomic E-state index is -0.712. The molecular formula is C14H19N3O4. The van der Waals surface area contributed by atoms with Gasteiger partial charge in [-0.3, -0.25) is 0 Å². The van der Waals surface area contributed by atoms with Gasteiger partial charge in [0.15, 0.2) is 11.5 Å². The van der Waals surface area contributed by atoms with Crippen LogP contribution in [0.2, 0.25) is 0 Å². The third kappa shape index (κ3) is 4.72. The highest BCUT2D eigenvalue weighted by Gasteiger charge is 2.11. The van der Waals surface area contributed by atoms with Gasteiger partial charge in [-0.2, -0.15) is 5.10 Å². The van der Waals surface area contributed by atoms with Crippen LogP contribution in [0.15, 0.2) is 23.3 Å². The zero-order valence-electron chi connectivity index (χ0n) is 12.5. The number of rotatable bonds is 6. The van der Waals surface area contributed by atoms with Gasteiger partial charge in [-0.25, -0.2) is 10.2 Å². The van der Waals surface area contributed by atoms with Crippen molar-refractivity contribution in [3.63, 3.8) is 0 Å². The number of methoxy groups -OCH3 is 3. The van der Waals surface area contributed by atoms with Crippen molar-refractivity contribution in [2.24, 2.45) is 10.8 Å². The molecule has 114 valence electrons. The fourth-order valence-corrected chi connectivity index (χ4v) is 1.59. The molecule has 21 heavy (non-hydrogen) atoms. The Bertz CT molecular complexity index is 542. The highest BCUT2D eigenvalue weighted by Crippen LogP contribution is 2.38. The number of hydrazone groups is 1. The predicted octanol–water partition coefficient (Wildman–Crippen LogP) is 1.77. The van der Waals surface area contributed by atoms with Gasteiger partial charge < -0.3 is 19.9 Å². The number of benzene rings is 1. The lowest BCUT2D eigenvalue weighted by atomic mass is 10.1. The number of nitrogens with one attached hydrogen (secondary N) is 1. The second-order valence-electron chi connectivity index (χ2n) is 4.02. The molecule has 7 heteroatoms. The summed E-state index contributed by atoms with van der Waals surface area (Å²) in [5, 5.41) is 3.78. The summed E-state index contributed by atoms with van der Waals surface area (Å²) in [6.07, 6.45) is 3.52. The number of amides is 2. The van der Waals surface area contributed by atoms with Crippen molar-refractivity contribution < 1.29 is 19.0 Å². The number of carbonyl (C=O) groups is 1. The van der Waals surface area contributed by atoms with E-state index in [2.05, 4.69) is 10.5 Å². The minimum absolute atomic E-state index is 0.526. The van der Waals surface area contributed by atoms with Gasteiger partial charge in [-0.05, 0) is 30.7 Å². The molecule has 1 aromatic rings. The van der Waals surface area contributed by atoms with Gasteiger partial charge in [0, 0.05) is 0 Å². The Labute approximate surface area is 123 Å². The van der Waals surface area contributed by atoms with Crippen LogP contribution in [0, 0.1) is 0 Å². The van der Waals surface area contributed by atoms with Crippen LogP contribution in [0.3, 0.4) is 0 Å². The fraction of sp³-hybridized carbons (Fsp3) is 0.286. The Morgan fingerprint density at radius 3 is 2.19 bits per heavy atom. The maximum Gasteiger partial charge on any atom is 0.332 e. The molecule has 0 aromatic heterocycles. The van der Waals surface area contributed by atoms with Gasteiger partial charge in [0.2, 0.25) is 5.75 Å². The van der Waals surface area contributed by atoms with Gasteiger partial charge in [-0.1, -0.05) is 6.08 Å². The van der Waals surface area contributed by atoms with Crippen LogP contribution in [0.25, 0.3) is 6.08 Å². The Morgan fingerprint density at radius 1 is 1.19 bits per heavy atom. The van der Waals surface area contributed by atoms with Gasteiger partial charge in [0.1, 0.15) is 0 Å². The van der Waals surface area contributed by atoms with Crippen molar-refractivity contribution in [2.45, 2.75) is 6.92 Å². The van der Waals surface area contributed by atoms with Crippen LogP contribution in [-0.2, 0) is 0 Å². The molecule has 1 aromatic carbocycles. The number of primary amides is 1. The molecule has 2 amide bonds. The summed E-state index contributed by atoms with van der Waals surface area (Å²) < 4.78 is 15.8. The lowest BCUT2D eigenvalue weighted by Gasteiger charge is -2.12. The quantitative estimate of drug-likeness (QED) is 0.617. The predicted molar refractivity (Wildman–Crippen MR) is 81.0 cm³/mol. The molecule has 0 fully saturated rings. The molecule has 3 N–H and O–H groups in total. The largest absolute Gasteiger partial charge is 0.493 e. The van der Waals surface area contributed by atoms with E-state index < -0.39 is 6.03 Å². The highest BCUT2D eigenvalue weighted by molar-refractivity contribution is 5.97. The molecule has 0 heterocycles. The Balaban J connectivity index is 3.03. The van der Waals surface area contributed by atoms with Gasteiger partial charge in [-0.15, -0.1) is 0 Å². The molecule has 0 aliphatic rings. The van der Waals surface area contributed by atoms with Crippen LogP contribution >= 0.6 is 0 Å². The van der Waals surface area contributed by atoms with E-state index in [0.717, 1.165) is 5.56 Å². The van der Waals surface area contributed by atoms with Crippen molar-refractivity contribution >= 4 is 17.8 Å². The fourth-order valence-electron chi connectivity index (χ4n) is 1.59. The summed E-state index contributed by atoms with van der Waals surface area (Å²) in [6, 6.07) is 2.88. The van der Waals surface area contributed by atoms with E-state index in [0.29, 0.717) is 23.0 Å². The summed E-state index contributed by atoms with van der Waals surface area (Å²) >= 11 is 0. The number of allylic oxidation sites excluding steroid dienone is 1. The Kier molecular flexibility index (Phi) is 6.06. The molecule has 0 spiro atoms.